The number of amides is 2. The van der Waals surface area contributed by atoms with Crippen LogP contribution in [0, 0.1) is 5.92 Å². The van der Waals surface area contributed by atoms with Gasteiger partial charge in [0, 0.05) is 38.0 Å². The number of hydrogen-bond donors (Lipinski definition) is 1. The first kappa shape index (κ1) is 16.2. The molecule has 2 aliphatic rings. The highest BCUT2D eigenvalue weighted by Gasteiger charge is 2.26. The van der Waals surface area contributed by atoms with Gasteiger partial charge < -0.3 is 15.5 Å². The Hall–Kier alpha value is -1.63. The number of nitrogen functional groups attached to an aromatic ring is 1. The summed E-state index contributed by atoms with van der Waals surface area (Å²) in [4.78, 5) is 32.7. The third-order valence-corrected chi connectivity index (χ3v) is 5.49. The SMILES string of the molecule is Nc1nc(C(=O)N2CCCN(C(=O)CC3CCCC3)CC2)cs1. The molecule has 3 rings (SSSR count). The summed E-state index contributed by atoms with van der Waals surface area (Å²) in [5.74, 6) is 0.744. The average Bonchev–Trinajstić information content (AvgIpc) is 3.12. The molecule has 1 aliphatic heterocycles. The van der Waals surface area contributed by atoms with E-state index in [0.717, 1.165) is 13.0 Å². The standard InChI is InChI=1S/C16H24N4O2S/c17-16-18-13(11-23-16)15(22)20-7-3-6-19(8-9-20)14(21)10-12-4-1-2-5-12/h11-12H,1-10H2,(H2,17,18). The molecule has 1 saturated heterocycles. The number of thiazole rings is 1. The van der Waals surface area contributed by atoms with Gasteiger partial charge in [-0.25, -0.2) is 4.98 Å². The number of anilines is 1. The van der Waals surface area contributed by atoms with Crippen LogP contribution in [-0.4, -0.2) is 52.8 Å². The molecule has 0 atom stereocenters. The van der Waals surface area contributed by atoms with Crippen LogP contribution in [0.1, 0.15) is 49.0 Å². The van der Waals surface area contributed by atoms with E-state index < -0.39 is 0 Å². The van der Waals surface area contributed by atoms with E-state index in [9.17, 15) is 9.59 Å². The Morgan fingerprint density at radius 3 is 2.52 bits per heavy atom. The van der Waals surface area contributed by atoms with E-state index in [4.69, 9.17) is 5.73 Å². The maximum atomic E-state index is 12.5. The van der Waals surface area contributed by atoms with Crippen LogP contribution in [0.25, 0.3) is 0 Å². The quantitative estimate of drug-likeness (QED) is 0.915. The molecular weight excluding hydrogens is 312 g/mol. The van der Waals surface area contributed by atoms with Gasteiger partial charge in [-0.15, -0.1) is 11.3 Å². The van der Waals surface area contributed by atoms with Gasteiger partial charge in [0.25, 0.3) is 5.91 Å². The van der Waals surface area contributed by atoms with Crippen LogP contribution in [-0.2, 0) is 4.79 Å². The van der Waals surface area contributed by atoms with Gasteiger partial charge in [-0.2, -0.15) is 0 Å². The second-order valence-corrected chi connectivity index (χ2v) is 7.34. The summed E-state index contributed by atoms with van der Waals surface area (Å²) >= 11 is 1.28. The zero-order valence-corrected chi connectivity index (χ0v) is 14.2. The molecule has 1 saturated carbocycles. The van der Waals surface area contributed by atoms with E-state index >= 15 is 0 Å². The average molecular weight is 336 g/mol. The van der Waals surface area contributed by atoms with Gasteiger partial charge in [-0.1, -0.05) is 12.8 Å². The fourth-order valence-electron chi connectivity index (χ4n) is 3.51. The predicted octanol–water partition coefficient (Wildman–Crippen LogP) is 1.98. The molecule has 2 fully saturated rings. The zero-order chi connectivity index (χ0) is 16.2. The van der Waals surface area contributed by atoms with Crippen molar-refractivity contribution >= 4 is 28.3 Å². The first-order chi connectivity index (χ1) is 11.1. The Bertz CT molecular complexity index is 568. The lowest BCUT2D eigenvalue weighted by Gasteiger charge is -2.23. The van der Waals surface area contributed by atoms with Gasteiger partial charge in [0.05, 0.1) is 0 Å². The molecule has 2 N–H and O–H groups in total. The van der Waals surface area contributed by atoms with Crippen molar-refractivity contribution in [2.75, 3.05) is 31.9 Å². The van der Waals surface area contributed by atoms with E-state index in [1.807, 2.05) is 4.90 Å². The molecule has 1 aromatic rings. The van der Waals surface area contributed by atoms with E-state index in [0.29, 0.717) is 42.8 Å². The number of hydrogen-bond acceptors (Lipinski definition) is 5. The topological polar surface area (TPSA) is 79.5 Å². The zero-order valence-electron chi connectivity index (χ0n) is 13.4. The fraction of sp³-hybridized carbons (Fsp3) is 0.688. The smallest absolute Gasteiger partial charge is 0.273 e. The van der Waals surface area contributed by atoms with E-state index in [1.165, 1.54) is 37.0 Å². The lowest BCUT2D eigenvalue weighted by molar-refractivity contribution is -0.132. The maximum Gasteiger partial charge on any atom is 0.273 e. The monoisotopic (exact) mass is 336 g/mol. The molecule has 2 amide bonds. The molecule has 6 nitrogen and oxygen atoms in total. The third-order valence-electron chi connectivity index (χ3n) is 4.81. The largest absolute Gasteiger partial charge is 0.375 e. The summed E-state index contributed by atoms with van der Waals surface area (Å²) in [7, 11) is 0. The minimum atomic E-state index is -0.0805. The summed E-state index contributed by atoms with van der Waals surface area (Å²) in [6.07, 6.45) is 6.40. The number of nitrogens with two attached hydrogens (primary N) is 1. The molecule has 0 spiro atoms. The number of rotatable bonds is 3. The summed E-state index contributed by atoms with van der Waals surface area (Å²) < 4.78 is 0. The van der Waals surface area contributed by atoms with Crippen molar-refractivity contribution in [1.82, 2.24) is 14.8 Å². The minimum Gasteiger partial charge on any atom is -0.375 e. The number of nitrogens with zero attached hydrogens (tertiary/aromatic N) is 3. The second kappa shape index (κ2) is 7.29. The highest BCUT2D eigenvalue weighted by molar-refractivity contribution is 7.13. The lowest BCUT2D eigenvalue weighted by atomic mass is 10.0. The Kier molecular flexibility index (Phi) is 5.15. The molecular formula is C16H24N4O2S. The summed E-state index contributed by atoms with van der Waals surface area (Å²) in [5.41, 5.74) is 6.02. The first-order valence-electron chi connectivity index (χ1n) is 8.41. The highest BCUT2D eigenvalue weighted by atomic mass is 32.1. The minimum absolute atomic E-state index is 0.0805. The molecule has 23 heavy (non-hydrogen) atoms. The molecule has 2 heterocycles. The lowest BCUT2D eigenvalue weighted by Crippen LogP contribution is -2.37. The molecule has 0 unspecified atom stereocenters. The normalized spacial score (nSPS) is 19.8. The first-order valence-corrected chi connectivity index (χ1v) is 9.29. The Balaban J connectivity index is 1.54. The maximum absolute atomic E-state index is 12.5. The molecule has 7 heteroatoms. The van der Waals surface area contributed by atoms with Gasteiger partial charge >= 0.3 is 0 Å². The van der Waals surface area contributed by atoms with Gasteiger partial charge in [0.2, 0.25) is 5.91 Å². The van der Waals surface area contributed by atoms with Crippen molar-refractivity contribution in [3.63, 3.8) is 0 Å². The Morgan fingerprint density at radius 2 is 1.83 bits per heavy atom. The van der Waals surface area contributed by atoms with Crippen LogP contribution in [0.3, 0.4) is 0 Å². The van der Waals surface area contributed by atoms with Crippen molar-refractivity contribution in [3.05, 3.63) is 11.1 Å². The van der Waals surface area contributed by atoms with Gasteiger partial charge in [0.1, 0.15) is 5.69 Å². The summed E-state index contributed by atoms with van der Waals surface area (Å²) in [6.45, 7) is 2.61. The Labute approximate surface area is 140 Å². The van der Waals surface area contributed by atoms with Gasteiger partial charge in [-0.3, -0.25) is 9.59 Å². The Morgan fingerprint density at radius 1 is 1.13 bits per heavy atom. The van der Waals surface area contributed by atoms with Crippen LogP contribution in [0.4, 0.5) is 5.13 Å². The molecule has 0 bridgehead atoms. The predicted molar refractivity (Wildman–Crippen MR) is 90.2 cm³/mol. The summed E-state index contributed by atoms with van der Waals surface area (Å²) in [5, 5.41) is 2.11. The molecule has 1 aliphatic carbocycles. The number of aromatic nitrogens is 1. The third kappa shape index (κ3) is 4.02. The van der Waals surface area contributed by atoms with E-state index in [2.05, 4.69) is 4.98 Å². The fourth-order valence-corrected chi connectivity index (χ4v) is 4.05. The highest BCUT2D eigenvalue weighted by Crippen LogP contribution is 2.28. The van der Waals surface area contributed by atoms with Crippen LogP contribution >= 0.6 is 11.3 Å². The van der Waals surface area contributed by atoms with Crippen molar-refractivity contribution < 1.29 is 9.59 Å². The number of carbonyl (C=O) groups excluding carboxylic acids is 2. The van der Waals surface area contributed by atoms with Crippen LogP contribution in [0.5, 0.6) is 0 Å². The molecule has 0 radical (unpaired) electrons. The van der Waals surface area contributed by atoms with Crippen LogP contribution < -0.4 is 5.73 Å². The molecule has 0 aromatic carbocycles. The van der Waals surface area contributed by atoms with Gasteiger partial charge in [0.15, 0.2) is 5.13 Å². The van der Waals surface area contributed by atoms with Crippen molar-refractivity contribution in [1.29, 1.82) is 0 Å². The van der Waals surface area contributed by atoms with Crippen LogP contribution in [0.15, 0.2) is 5.38 Å². The molecule has 126 valence electrons. The van der Waals surface area contributed by atoms with Gasteiger partial charge in [-0.05, 0) is 25.2 Å². The van der Waals surface area contributed by atoms with Crippen molar-refractivity contribution in [3.8, 4) is 0 Å². The van der Waals surface area contributed by atoms with Crippen LogP contribution in [0.2, 0.25) is 0 Å². The second-order valence-electron chi connectivity index (χ2n) is 6.45. The van der Waals surface area contributed by atoms with E-state index in [1.54, 1.807) is 10.3 Å². The number of carbonyl (C=O) groups is 2. The summed E-state index contributed by atoms with van der Waals surface area (Å²) in [6, 6.07) is 0. The van der Waals surface area contributed by atoms with Crippen molar-refractivity contribution in [2.45, 2.75) is 38.5 Å². The molecule has 1 aromatic heterocycles. The van der Waals surface area contributed by atoms with Crippen molar-refractivity contribution in [2.24, 2.45) is 5.92 Å². The van der Waals surface area contributed by atoms with E-state index in [-0.39, 0.29) is 11.8 Å².